The largest absolute Gasteiger partial charge is 0.480 e. The van der Waals surface area contributed by atoms with Gasteiger partial charge in [0, 0.05) is 18.9 Å². The molecule has 4 aromatic rings. The number of rotatable bonds is 6. The van der Waals surface area contributed by atoms with Gasteiger partial charge in [-0.2, -0.15) is 0 Å². The second-order valence-corrected chi connectivity index (χ2v) is 7.48. The molecule has 0 fully saturated rings. The number of benzene rings is 4. The minimum absolute atomic E-state index is 0.133. The van der Waals surface area contributed by atoms with Crippen LogP contribution in [-0.2, 0) is 16.0 Å². The number of hydrogen-bond donors (Lipinski definition) is 2. The zero-order valence-corrected chi connectivity index (χ0v) is 17.4. The van der Waals surface area contributed by atoms with Crippen molar-refractivity contribution in [2.45, 2.75) is 19.4 Å². The fraction of sp³-hybridized carbons (Fsp3) is 0.115. The number of fused-ring (bicyclic) bond motifs is 2. The lowest BCUT2D eigenvalue weighted by Gasteiger charge is -2.18. The molecule has 0 aliphatic rings. The molecule has 1 amide bonds. The minimum Gasteiger partial charge on any atom is -0.480 e. The average molecular weight is 427 g/mol. The van der Waals surface area contributed by atoms with E-state index in [0.29, 0.717) is 5.75 Å². The number of ether oxygens (including phenoxy) is 1. The van der Waals surface area contributed by atoms with Gasteiger partial charge in [0.25, 0.3) is 5.91 Å². The van der Waals surface area contributed by atoms with E-state index in [-0.39, 0.29) is 12.0 Å². The Bertz CT molecular complexity index is 1270. The first-order valence-electron chi connectivity index (χ1n) is 10.1. The fourth-order valence-corrected chi connectivity index (χ4v) is 3.81. The molecule has 6 nitrogen and oxygen atoms in total. The van der Waals surface area contributed by atoms with Crippen molar-refractivity contribution in [3.63, 3.8) is 0 Å². The maximum atomic E-state index is 12.7. The Hall–Kier alpha value is -4.19. The molecule has 0 heterocycles. The first kappa shape index (κ1) is 21.1. The van der Waals surface area contributed by atoms with Crippen molar-refractivity contribution in [2.75, 3.05) is 0 Å². The summed E-state index contributed by atoms with van der Waals surface area (Å²) in [5.41, 5.74) is 1.14. The van der Waals surface area contributed by atoms with Crippen LogP contribution in [0.5, 0.6) is 5.75 Å². The second-order valence-electron chi connectivity index (χ2n) is 7.48. The Morgan fingerprint density at radius 2 is 1.44 bits per heavy atom. The minimum atomic E-state index is -1.12. The second kappa shape index (κ2) is 8.89. The van der Waals surface area contributed by atoms with Gasteiger partial charge in [-0.05, 0) is 57.4 Å². The van der Waals surface area contributed by atoms with Crippen LogP contribution < -0.4 is 10.1 Å². The number of nitrogens with one attached hydrogen (secondary N) is 1. The molecule has 0 radical (unpaired) electrons. The molecule has 1 atom stereocenters. The summed E-state index contributed by atoms with van der Waals surface area (Å²) >= 11 is 0. The lowest BCUT2D eigenvalue weighted by molar-refractivity contribution is -0.139. The Labute approximate surface area is 184 Å². The van der Waals surface area contributed by atoms with Gasteiger partial charge in [0.1, 0.15) is 11.8 Å². The van der Waals surface area contributed by atoms with Gasteiger partial charge in [0.2, 0.25) is 0 Å². The summed E-state index contributed by atoms with van der Waals surface area (Å²) in [6.07, 6.45) is 0.133. The number of carboxylic acids is 1. The third-order valence-electron chi connectivity index (χ3n) is 5.27. The lowest BCUT2D eigenvalue weighted by atomic mass is 9.92. The van der Waals surface area contributed by atoms with Gasteiger partial charge in [-0.3, -0.25) is 9.59 Å². The van der Waals surface area contributed by atoms with Crippen molar-refractivity contribution in [1.82, 2.24) is 5.32 Å². The van der Waals surface area contributed by atoms with Crippen molar-refractivity contribution in [3.05, 3.63) is 90.0 Å². The number of carbonyl (C=O) groups is 3. The van der Waals surface area contributed by atoms with Gasteiger partial charge in [-0.15, -0.1) is 0 Å². The first-order valence-corrected chi connectivity index (χ1v) is 10.1. The summed E-state index contributed by atoms with van der Waals surface area (Å²) in [6.45, 7) is 1.29. The summed E-state index contributed by atoms with van der Waals surface area (Å²) in [5.74, 6) is -1.79. The highest BCUT2D eigenvalue weighted by atomic mass is 16.5. The van der Waals surface area contributed by atoms with Gasteiger partial charge < -0.3 is 15.2 Å². The number of amides is 1. The molecule has 4 aromatic carbocycles. The standard InChI is InChI=1S/C26H21NO5/c1-16(28)32-20-12-10-17(11-13-20)25(29)27-24(26(30)31)15-23-21-8-4-2-6-18(21)14-19-7-3-5-9-22(19)23/h2-14,24H,15H2,1H3,(H,27,29)(H,30,31)/t24-/m0/s1. The predicted molar refractivity (Wildman–Crippen MR) is 122 cm³/mol. The van der Waals surface area contributed by atoms with Crippen LogP contribution in [0, 0.1) is 0 Å². The summed E-state index contributed by atoms with van der Waals surface area (Å²) < 4.78 is 4.96. The quantitative estimate of drug-likeness (QED) is 0.271. The van der Waals surface area contributed by atoms with E-state index >= 15 is 0 Å². The van der Waals surface area contributed by atoms with E-state index in [2.05, 4.69) is 11.4 Å². The van der Waals surface area contributed by atoms with E-state index in [0.717, 1.165) is 27.1 Å². The van der Waals surface area contributed by atoms with Crippen molar-refractivity contribution >= 4 is 39.4 Å². The van der Waals surface area contributed by atoms with E-state index in [9.17, 15) is 19.5 Å². The topological polar surface area (TPSA) is 92.7 Å². The zero-order chi connectivity index (χ0) is 22.7. The summed E-state index contributed by atoms with van der Waals surface area (Å²) in [5, 5.41) is 16.4. The van der Waals surface area contributed by atoms with Crippen LogP contribution in [-0.4, -0.2) is 29.0 Å². The Morgan fingerprint density at radius 3 is 1.97 bits per heavy atom. The molecule has 0 aliphatic carbocycles. The van der Waals surface area contributed by atoms with E-state index in [4.69, 9.17) is 4.74 Å². The van der Waals surface area contributed by atoms with E-state index in [1.54, 1.807) is 0 Å². The highest BCUT2D eigenvalue weighted by Crippen LogP contribution is 2.29. The highest BCUT2D eigenvalue weighted by molar-refractivity contribution is 6.03. The summed E-state index contributed by atoms with van der Waals surface area (Å²) in [4.78, 5) is 35.8. The number of hydrogen-bond acceptors (Lipinski definition) is 4. The van der Waals surface area contributed by atoms with Crippen molar-refractivity contribution in [2.24, 2.45) is 0 Å². The Kier molecular flexibility index (Phi) is 5.85. The Balaban J connectivity index is 1.64. The zero-order valence-electron chi connectivity index (χ0n) is 17.4. The normalized spacial score (nSPS) is 11.8. The molecule has 32 heavy (non-hydrogen) atoms. The third-order valence-corrected chi connectivity index (χ3v) is 5.27. The van der Waals surface area contributed by atoms with Crippen LogP contribution in [0.4, 0.5) is 0 Å². The molecule has 2 N–H and O–H groups in total. The third kappa shape index (κ3) is 4.44. The van der Waals surface area contributed by atoms with Gasteiger partial charge in [0.05, 0.1) is 0 Å². The lowest BCUT2D eigenvalue weighted by Crippen LogP contribution is -2.42. The predicted octanol–water partition coefficient (Wildman–Crippen LogP) is 4.34. The maximum absolute atomic E-state index is 12.7. The van der Waals surface area contributed by atoms with Gasteiger partial charge in [0.15, 0.2) is 0 Å². The fourth-order valence-electron chi connectivity index (χ4n) is 3.81. The van der Waals surface area contributed by atoms with Gasteiger partial charge in [-0.1, -0.05) is 48.5 Å². The summed E-state index contributed by atoms with van der Waals surface area (Å²) in [6, 6.07) is 22.5. The molecular formula is C26H21NO5. The first-order chi connectivity index (χ1) is 15.4. The van der Waals surface area contributed by atoms with Gasteiger partial charge in [-0.25, -0.2) is 4.79 Å². The number of carbonyl (C=O) groups excluding carboxylic acids is 2. The SMILES string of the molecule is CC(=O)Oc1ccc(C(=O)N[C@@H](Cc2c3ccccc3cc3ccccc23)C(=O)O)cc1. The molecule has 0 aromatic heterocycles. The maximum Gasteiger partial charge on any atom is 0.326 e. The van der Waals surface area contributed by atoms with Crippen LogP contribution in [0.25, 0.3) is 21.5 Å². The number of aliphatic carboxylic acids is 1. The molecule has 0 unspecified atom stereocenters. The molecular weight excluding hydrogens is 406 g/mol. The van der Waals surface area contributed by atoms with Gasteiger partial charge >= 0.3 is 11.9 Å². The highest BCUT2D eigenvalue weighted by Gasteiger charge is 2.23. The number of esters is 1. The van der Waals surface area contributed by atoms with Crippen LogP contribution in [0.1, 0.15) is 22.8 Å². The van der Waals surface area contributed by atoms with E-state index in [1.165, 1.54) is 31.2 Å². The number of carboxylic acid groups (broad SMARTS) is 1. The van der Waals surface area contributed by atoms with Crippen molar-refractivity contribution in [1.29, 1.82) is 0 Å². The van der Waals surface area contributed by atoms with E-state index < -0.39 is 23.9 Å². The van der Waals surface area contributed by atoms with Crippen LogP contribution in [0.15, 0.2) is 78.9 Å². The Morgan fingerprint density at radius 1 is 0.875 bits per heavy atom. The van der Waals surface area contributed by atoms with Crippen LogP contribution in [0.2, 0.25) is 0 Å². The molecule has 0 saturated heterocycles. The van der Waals surface area contributed by atoms with E-state index in [1.807, 2.05) is 48.5 Å². The van der Waals surface area contributed by atoms with Crippen molar-refractivity contribution in [3.8, 4) is 5.75 Å². The molecule has 0 bridgehead atoms. The van der Waals surface area contributed by atoms with Crippen LogP contribution in [0.3, 0.4) is 0 Å². The average Bonchev–Trinajstić information content (AvgIpc) is 2.78. The van der Waals surface area contributed by atoms with Crippen molar-refractivity contribution < 1.29 is 24.2 Å². The molecule has 4 rings (SSSR count). The molecule has 6 heteroatoms. The molecule has 0 spiro atoms. The molecule has 160 valence electrons. The van der Waals surface area contributed by atoms with Crippen LogP contribution >= 0.6 is 0 Å². The summed E-state index contributed by atoms with van der Waals surface area (Å²) in [7, 11) is 0. The smallest absolute Gasteiger partial charge is 0.326 e. The monoisotopic (exact) mass is 427 g/mol. The molecule has 0 aliphatic heterocycles. The molecule has 0 saturated carbocycles.